The minimum Gasteiger partial charge on any atom is -0.480 e. The van der Waals surface area contributed by atoms with Crippen molar-refractivity contribution in [1.29, 1.82) is 0 Å². The molecule has 7 nitrogen and oxygen atoms in total. The van der Waals surface area contributed by atoms with Gasteiger partial charge in [-0.05, 0) is 37.1 Å². The van der Waals surface area contributed by atoms with Gasteiger partial charge in [-0.2, -0.15) is 10.1 Å². The molecule has 0 saturated carbocycles. The number of nitrogens with zero attached hydrogens (tertiary/aromatic N) is 5. The number of rotatable bonds is 5. The molecule has 2 unspecified atom stereocenters. The van der Waals surface area contributed by atoms with Gasteiger partial charge in [0.1, 0.15) is 11.8 Å². The van der Waals surface area contributed by atoms with Crippen molar-refractivity contribution in [1.82, 2.24) is 14.7 Å². The van der Waals surface area contributed by atoms with Gasteiger partial charge >= 0.3 is 0 Å². The molecule has 7 heteroatoms. The number of aliphatic imine (C=N–C) groups is 2. The number of hydrogen-bond donors (Lipinski definition) is 0. The number of aryl methyl sites for hydroxylation is 1. The molecular weight excluding hydrogens is 438 g/mol. The minimum atomic E-state index is -0.253. The Labute approximate surface area is 206 Å². The summed E-state index contributed by atoms with van der Waals surface area (Å²) < 4.78 is 13.8. The fraction of sp³-hybridized carbons (Fsp3) is 0.321. The highest BCUT2D eigenvalue weighted by Crippen LogP contribution is 2.32. The molecule has 0 amide bonds. The van der Waals surface area contributed by atoms with Crippen LogP contribution in [0, 0.1) is 6.92 Å². The molecule has 4 heterocycles. The summed E-state index contributed by atoms with van der Waals surface area (Å²) in [6.45, 7) is 10.9. The highest BCUT2D eigenvalue weighted by molar-refractivity contribution is 6.02. The van der Waals surface area contributed by atoms with Crippen LogP contribution in [-0.2, 0) is 9.47 Å². The maximum atomic E-state index is 6.47. The van der Waals surface area contributed by atoms with Crippen LogP contribution in [0.25, 0.3) is 11.3 Å². The van der Waals surface area contributed by atoms with E-state index in [-0.39, 0.29) is 12.1 Å². The Balaban J connectivity index is 1.49. The van der Waals surface area contributed by atoms with E-state index in [0.717, 1.165) is 47.9 Å². The molecule has 5 rings (SSSR count). The number of aromatic nitrogens is 2. The molecule has 1 aromatic carbocycles. The predicted octanol–water partition coefficient (Wildman–Crippen LogP) is 4.54. The summed E-state index contributed by atoms with van der Waals surface area (Å²) in [5, 5.41) is 4.80. The molecule has 1 fully saturated rings. The zero-order chi connectivity index (χ0) is 24.2. The minimum absolute atomic E-state index is 0.166. The van der Waals surface area contributed by atoms with Crippen molar-refractivity contribution in [3.8, 4) is 11.3 Å². The third-order valence-corrected chi connectivity index (χ3v) is 6.30. The molecule has 0 spiro atoms. The maximum absolute atomic E-state index is 6.47. The molecule has 2 aromatic rings. The largest absolute Gasteiger partial charge is 0.480 e. The topological polar surface area (TPSA) is 64.2 Å². The van der Waals surface area contributed by atoms with Crippen LogP contribution in [0.2, 0.25) is 0 Å². The van der Waals surface area contributed by atoms with Gasteiger partial charge in [0.05, 0.1) is 18.9 Å². The number of fused-ring (bicyclic) bond motifs is 1. The average molecular weight is 470 g/mol. The Kier molecular flexibility index (Phi) is 6.77. The second-order valence-corrected chi connectivity index (χ2v) is 8.74. The van der Waals surface area contributed by atoms with Crippen molar-refractivity contribution >= 4 is 11.8 Å². The molecular formula is C28H31N5O2. The molecule has 3 aliphatic heterocycles. The van der Waals surface area contributed by atoms with Crippen molar-refractivity contribution in [2.24, 2.45) is 9.98 Å². The van der Waals surface area contributed by atoms with Crippen molar-refractivity contribution in [3.05, 3.63) is 90.4 Å². The van der Waals surface area contributed by atoms with Gasteiger partial charge in [-0.15, -0.1) is 0 Å². The van der Waals surface area contributed by atoms with Crippen LogP contribution in [0.4, 0.5) is 0 Å². The number of morpholine rings is 1. The van der Waals surface area contributed by atoms with E-state index in [9.17, 15) is 0 Å². The third-order valence-electron chi connectivity index (χ3n) is 6.30. The van der Waals surface area contributed by atoms with Crippen LogP contribution in [0.15, 0.2) is 94.8 Å². The molecule has 1 aromatic heterocycles. The van der Waals surface area contributed by atoms with Gasteiger partial charge in [0, 0.05) is 24.8 Å². The summed E-state index contributed by atoms with van der Waals surface area (Å²) in [6.07, 6.45) is 12.4. The van der Waals surface area contributed by atoms with Crippen molar-refractivity contribution < 1.29 is 9.47 Å². The fourth-order valence-electron chi connectivity index (χ4n) is 4.48. The first-order chi connectivity index (χ1) is 17.2. The van der Waals surface area contributed by atoms with Crippen LogP contribution in [0.5, 0.6) is 0 Å². The molecule has 180 valence electrons. The lowest BCUT2D eigenvalue weighted by molar-refractivity contribution is 0.0608. The lowest BCUT2D eigenvalue weighted by Crippen LogP contribution is -2.50. The zero-order valence-electron chi connectivity index (χ0n) is 20.3. The second kappa shape index (κ2) is 10.3. The molecule has 0 aliphatic carbocycles. The van der Waals surface area contributed by atoms with E-state index in [1.807, 2.05) is 30.5 Å². The van der Waals surface area contributed by atoms with E-state index >= 15 is 0 Å². The number of allylic oxidation sites excluding steroid dienone is 5. The van der Waals surface area contributed by atoms with E-state index < -0.39 is 0 Å². The quantitative estimate of drug-likeness (QED) is 0.604. The second-order valence-electron chi connectivity index (χ2n) is 8.74. The van der Waals surface area contributed by atoms with Gasteiger partial charge < -0.3 is 14.4 Å². The van der Waals surface area contributed by atoms with E-state index in [0.29, 0.717) is 19.2 Å². The van der Waals surface area contributed by atoms with E-state index in [1.54, 1.807) is 10.8 Å². The fourth-order valence-corrected chi connectivity index (χ4v) is 4.48. The van der Waals surface area contributed by atoms with E-state index in [1.165, 1.54) is 5.56 Å². The normalized spacial score (nSPS) is 22.4. The summed E-state index contributed by atoms with van der Waals surface area (Å²) in [4.78, 5) is 12.2. The van der Waals surface area contributed by atoms with E-state index in [4.69, 9.17) is 24.6 Å². The molecule has 2 atom stereocenters. The standard InChI is InChI=1S/C28H31N5O2/c1-4-6-7-10-21(5-2)25-19-24-26(35-25)27(32-14-16-34-17-15-32)30-28(29-24)33-13-12-23(31-33)22-11-8-9-20(3)18-22/h4,6-13,18-19,24,26H,1,5,14-17H2,2-3H3/b7-6-,21-10+. The number of benzene rings is 1. The van der Waals surface area contributed by atoms with Crippen LogP contribution in [0.3, 0.4) is 0 Å². The van der Waals surface area contributed by atoms with Gasteiger partial charge in [-0.1, -0.05) is 61.6 Å². The van der Waals surface area contributed by atoms with E-state index in [2.05, 4.69) is 55.7 Å². The molecule has 35 heavy (non-hydrogen) atoms. The Hall–Kier alpha value is -3.71. The summed E-state index contributed by atoms with van der Waals surface area (Å²) in [7, 11) is 0. The number of hydrogen-bond acceptors (Lipinski definition) is 6. The lowest BCUT2D eigenvalue weighted by atomic mass is 10.1. The van der Waals surface area contributed by atoms with Gasteiger partial charge in [0.25, 0.3) is 0 Å². The predicted molar refractivity (Wildman–Crippen MR) is 140 cm³/mol. The molecule has 1 saturated heterocycles. The van der Waals surface area contributed by atoms with Crippen LogP contribution >= 0.6 is 0 Å². The summed E-state index contributed by atoms with van der Waals surface area (Å²) in [5.41, 5.74) is 4.29. The summed E-state index contributed by atoms with van der Waals surface area (Å²) in [5.74, 6) is 2.32. The van der Waals surface area contributed by atoms with Gasteiger partial charge in [-0.25, -0.2) is 9.67 Å². The molecule has 0 radical (unpaired) electrons. The molecule has 0 N–H and O–H groups in total. The molecule has 0 bridgehead atoms. The van der Waals surface area contributed by atoms with Crippen molar-refractivity contribution in [2.45, 2.75) is 32.4 Å². The average Bonchev–Trinajstić information content (AvgIpc) is 3.54. The first kappa shape index (κ1) is 23.1. The van der Waals surface area contributed by atoms with Crippen LogP contribution < -0.4 is 0 Å². The number of ether oxygens (including phenoxy) is 2. The Morgan fingerprint density at radius 1 is 1.20 bits per heavy atom. The summed E-state index contributed by atoms with van der Waals surface area (Å²) in [6, 6.07) is 10.2. The monoisotopic (exact) mass is 469 g/mol. The smallest absolute Gasteiger partial charge is 0.248 e. The summed E-state index contributed by atoms with van der Waals surface area (Å²) >= 11 is 0. The zero-order valence-corrected chi connectivity index (χ0v) is 20.3. The molecule has 3 aliphatic rings. The van der Waals surface area contributed by atoms with Gasteiger partial charge in [-0.3, -0.25) is 0 Å². The third kappa shape index (κ3) is 4.91. The van der Waals surface area contributed by atoms with Crippen LogP contribution in [-0.4, -0.2) is 64.9 Å². The Morgan fingerprint density at radius 3 is 2.83 bits per heavy atom. The van der Waals surface area contributed by atoms with Gasteiger partial charge in [0.15, 0.2) is 11.9 Å². The number of amidine groups is 1. The SMILES string of the molecule is C=C/C=C\C=C(/CC)C1=CC2N=C(n3ccc(-c4cccc(C)c4)n3)N=C(N3CCOCC3)C2O1. The van der Waals surface area contributed by atoms with Crippen molar-refractivity contribution in [3.63, 3.8) is 0 Å². The first-order valence-corrected chi connectivity index (χ1v) is 12.2. The van der Waals surface area contributed by atoms with Gasteiger partial charge in [0.2, 0.25) is 5.96 Å². The van der Waals surface area contributed by atoms with Crippen molar-refractivity contribution in [2.75, 3.05) is 26.3 Å². The first-order valence-electron chi connectivity index (χ1n) is 12.2. The Bertz CT molecular complexity index is 1240. The highest BCUT2D eigenvalue weighted by atomic mass is 16.5. The Morgan fingerprint density at radius 2 is 2.06 bits per heavy atom. The highest BCUT2D eigenvalue weighted by Gasteiger charge is 2.40. The van der Waals surface area contributed by atoms with Crippen LogP contribution in [0.1, 0.15) is 18.9 Å². The maximum Gasteiger partial charge on any atom is 0.248 e. The lowest BCUT2D eigenvalue weighted by Gasteiger charge is -2.35.